The SMILES string of the molecule is COc1ccc2nccc(CCC3CCCNC3)c2c1. The number of rotatable bonds is 4. The molecule has 2 heterocycles. The number of benzene rings is 1. The quantitative estimate of drug-likeness (QED) is 0.926. The Hall–Kier alpha value is -1.61. The number of hydrogen-bond donors (Lipinski definition) is 1. The van der Waals surface area contributed by atoms with Crippen molar-refractivity contribution in [3.8, 4) is 5.75 Å². The number of aryl methyl sites for hydroxylation is 1. The maximum atomic E-state index is 5.33. The normalized spacial score (nSPS) is 19.1. The fourth-order valence-corrected chi connectivity index (χ4v) is 3.06. The van der Waals surface area contributed by atoms with Crippen molar-refractivity contribution in [2.24, 2.45) is 5.92 Å². The highest BCUT2D eigenvalue weighted by Crippen LogP contribution is 2.25. The molecule has 1 aliphatic rings. The molecule has 1 aromatic carbocycles. The van der Waals surface area contributed by atoms with Gasteiger partial charge in [0.1, 0.15) is 5.75 Å². The molecule has 0 radical (unpaired) electrons. The van der Waals surface area contributed by atoms with Gasteiger partial charge in [0.2, 0.25) is 0 Å². The maximum Gasteiger partial charge on any atom is 0.119 e. The second kappa shape index (κ2) is 6.23. The molecule has 0 saturated carbocycles. The Morgan fingerprint density at radius 2 is 2.30 bits per heavy atom. The van der Waals surface area contributed by atoms with E-state index in [1.165, 1.54) is 43.3 Å². The minimum Gasteiger partial charge on any atom is -0.497 e. The monoisotopic (exact) mass is 270 g/mol. The lowest BCUT2D eigenvalue weighted by Gasteiger charge is -2.22. The Kier molecular flexibility index (Phi) is 4.16. The molecule has 20 heavy (non-hydrogen) atoms. The zero-order valence-electron chi connectivity index (χ0n) is 12.1. The molecule has 1 fully saturated rings. The summed E-state index contributed by atoms with van der Waals surface area (Å²) in [5.41, 5.74) is 2.45. The molecule has 0 spiro atoms. The number of nitrogens with zero attached hydrogens (tertiary/aromatic N) is 1. The van der Waals surface area contributed by atoms with Crippen molar-refractivity contribution < 1.29 is 4.74 Å². The molecule has 3 rings (SSSR count). The smallest absolute Gasteiger partial charge is 0.119 e. The molecule has 1 unspecified atom stereocenters. The number of aromatic nitrogens is 1. The Morgan fingerprint density at radius 1 is 1.35 bits per heavy atom. The molecular formula is C17H22N2O. The number of pyridine rings is 1. The first kappa shape index (κ1) is 13.4. The first-order valence-corrected chi connectivity index (χ1v) is 7.49. The van der Waals surface area contributed by atoms with Gasteiger partial charge >= 0.3 is 0 Å². The summed E-state index contributed by atoms with van der Waals surface area (Å²) in [5.74, 6) is 1.73. The van der Waals surface area contributed by atoms with Crippen LogP contribution in [0.4, 0.5) is 0 Å². The van der Waals surface area contributed by atoms with E-state index in [4.69, 9.17) is 4.74 Å². The van der Waals surface area contributed by atoms with Crippen LogP contribution in [0.5, 0.6) is 5.75 Å². The highest BCUT2D eigenvalue weighted by atomic mass is 16.5. The Bertz CT molecular complexity index is 576. The van der Waals surface area contributed by atoms with Gasteiger partial charge in [-0.25, -0.2) is 0 Å². The number of fused-ring (bicyclic) bond motifs is 1. The first-order chi connectivity index (χ1) is 9.86. The molecule has 1 aromatic heterocycles. The lowest BCUT2D eigenvalue weighted by Crippen LogP contribution is -2.29. The van der Waals surface area contributed by atoms with Crippen LogP contribution in [0.1, 0.15) is 24.8 Å². The lowest BCUT2D eigenvalue weighted by molar-refractivity contribution is 0.358. The van der Waals surface area contributed by atoms with Crippen LogP contribution in [0.15, 0.2) is 30.5 Å². The van der Waals surface area contributed by atoms with Crippen LogP contribution in [0.3, 0.4) is 0 Å². The number of ether oxygens (including phenoxy) is 1. The third-order valence-corrected chi connectivity index (χ3v) is 4.26. The van der Waals surface area contributed by atoms with Gasteiger partial charge in [0.05, 0.1) is 12.6 Å². The average molecular weight is 270 g/mol. The largest absolute Gasteiger partial charge is 0.497 e. The zero-order valence-corrected chi connectivity index (χ0v) is 12.1. The molecule has 1 aliphatic heterocycles. The van der Waals surface area contributed by atoms with Crippen molar-refractivity contribution >= 4 is 10.9 Å². The molecule has 3 heteroatoms. The first-order valence-electron chi connectivity index (χ1n) is 7.49. The third-order valence-electron chi connectivity index (χ3n) is 4.26. The van der Waals surface area contributed by atoms with Crippen LogP contribution in [0, 0.1) is 5.92 Å². The van der Waals surface area contributed by atoms with Crippen molar-refractivity contribution in [3.63, 3.8) is 0 Å². The van der Waals surface area contributed by atoms with E-state index in [1.54, 1.807) is 7.11 Å². The maximum absolute atomic E-state index is 5.33. The Labute approximate surface area is 120 Å². The van der Waals surface area contributed by atoms with Gasteiger partial charge < -0.3 is 10.1 Å². The van der Waals surface area contributed by atoms with Gasteiger partial charge in [0.25, 0.3) is 0 Å². The van der Waals surface area contributed by atoms with Crippen LogP contribution >= 0.6 is 0 Å². The topological polar surface area (TPSA) is 34.1 Å². The van der Waals surface area contributed by atoms with E-state index in [9.17, 15) is 0 Å². The molecule has 0 amide bonds. The van der Waals surface area contributed by atoms with Crippen molar-refractivity contribution in [1.82, 2.24) is 10.3 Å². The van der Waals surface area contributed by atoms with Gasteiger partial charge in [-0.15, -0.1) is 0 Å². The minimum absolute atomic E-state index is 0.817. The van der Waals surface area contributed by atoms with E-state index in [1.807, 2.05) is 18.3 Å². The summed E-state index contributed by atoms with van der Waals surface area (Å²) in [6.07, 6.45) is 6.97. The molecule has 3 nitrogen and oxygen atoms in total. The summed E-state index contributed by atoms with van der Waals surface area (Å²) < 4.78 is 5.33. The van der Waals surface area contributed by atoms with E-state index in [0.29, 0.717) is 0 Å². The van der Waals surface area contributed by atoms with Crippen molar-refractivity contribution in [2.45, 2.75) is 25.7 Å². The van der Waals surface area contributed by atoms with Gasteiger partial charge in [-0.2, -0.15) is 0 Å². The second-order valence-corrected chi connectivity index (χ2v) is 5.60. The highest BCUT2D eigenvalue weighted by molar-refractivity contribution is 5.83. The minimum atomic E-state index is 0.817. The summed E-state index contributed by atoms with van der Waals surface area (Å²) >= 11 is 0. The third kappa shape index (κ3) is 2.93. The number of piperidine rings is 1. The highest BCUT2D eigenvalue weighted by Gasteiger charge is 2.13. The fraction of sp³-hybridized carbons (Fsp3) is 0.471. The van der Waals surface area contributed by atoms with Crippen molar-refractivity contribution in [1.29, 1.82) is 0 Å². The van der Waals surface area contributed by atoms with Crippen LogP contribution in [-0.4, -0.2) is 25.2 Å². The van der Waals surface area contributed by atoms with E-state index in [0.717, 1.165) is 23.6 Å². The predicted molar refractivity (Wildman–Crippen MR) is 82.2 cm³/mol. The fourth-order valence-electron chi connectivity index (χ4n) is 3.06. The molecule has 1 N–H and O–H groups in total. The van der Waals surface area contributed by atoms with Gasteiger partial charge in [-0.05, 0) is 74.5 Å². The van der Waals surface area contributed by atoms with E-state index in [-0.39, 0.29) is 0 Å². The number of methoxy groups -OCH3 is 1. The number of nitrogens with one attached hydrogen (secondary N) is 1. The van der Waals surface area contributed by atoms with E-state index >= 15 is 0 Å². The van der Waals surface area contributed by atoms with Crippen LogP contribution in [0.2, 0.25) is 0 Å². The standard InChI is InChI=1S/C17H22N2O/c1-20-15-6-7-17-16(11-15)14(8-10-19-17)5-4-13-3-2-9-18-12-13/h6-8,10-11,13,18H,2-5,9,12H2,1H3. The van der Waals surface area contributed by atoms with Gasteiger partial charge in [0.15, 0.2) is 0 Å². The number of hydrogen-bond acceptors (Lipinski definition) is 3. The van der Waals surface area contributed by atoms with Crippen LogP contribution in [-0.2, 0) is 6.42 Å². The summed E-state index contributed by atoms with van der Waals surface area (Å²) in [5, 5.41) is 4.73. The average Bonchev–Trinajstić information content (AvgIpc) is 2.53. The molecule has 2 aromatic rings. The summed E-state index contributed by atoms with van der Waals surface area (Å²) in [7, 11) is 1.71. The van der Waals surface area contributed by atoms with E-state index in [2.05, 4.69) is 22.4 Å². The lowest BCUT2D eigenvalue weighted by atomic mass is 9.92. The zero-order chi connectivity index (χ0) is 13.8. The Morgan fingerprint density at radius 3 is 3.10 bits per heavy atom. The molecular weight excluding hydrogens is 248 g/mol. The molecule has 1 saturated heterocycles. The van der Waals surface area contributed by atoms with Crippen molar-refractivity contribution in [3.05, 3.63) is 36.0 Å². The Balaban J connectivity index is 1.79. The second-order valence-electron chi connectivity index (χ2n) is 5.60. The summed E-state index contributed by atoms with van der Waals surface area (Å²) in [6, 6.07) is 8.28. The molecule has 1 atom stereocenters. The van der Waals surface area contributed by atoms with Gasteiger partial charge in [-0.3, -0.25) is 4.98 Å². The summed E-state index contributed by atoms with van der Waals surface area (Å²) in [4.78, 5) is 4.44. The molecule has 0 aliphatic carbocycles. The predicted octanol–water partition coefficient (Wildman–Crippen LogP) is 3.18. The van der Waals surface area contributed by atoms with Gasteiger partial charge in [-0.1, -0.05) is 0 Å². The van der Waals surface area contributed by atoms with Crippen LogP contribution in [0.25, 0.3) is 10.9 Å². The molecule has 106 valence electrons. The summed E-state index contributed by atoms with van der Waals surface area (Å²) in [6.45, 7) is 2.36. The van der Waals surface area contributed by atoms with Gasteiger partial charge in [0, 0.05) is 11.6 Å². The van der Waals surface area contributed by atoms with E-state index < -0.39 is 0 Å². The van der Waals surface area contributed by atoms with Crippen molar-refractivity contribution in [2.75, 3.05) is 20.2 Å². The van der Waals surface area contributed by atoms with Crippen LogP contribution < -0.4 is 10.1 Å². The molecule has 0 bridgehead atoms.